The number of hydrogen-bond acceptors (Lipinski definition) is 6. The molecule has 1 fully saturated rings. The van der Waals surface area contributed by atoms with E-state index in [0.717, 1.165) is 31.7 Å². The molecule has 0 aromatic heterocycles. The predicted molar refractivity (Wildman–Crippen MR) is 82.8 cm³/mol. The van der Waals surface area contributed by atoms with Crippen LogP contribution in [0, 0.1) is 10.1 Å². The van der Waals surface area contributed by atoms with Gasteiger partial charge in [-0.25, -0.2) is 4.79 Å². The number of amides is 1. The Morgan fingerprint density at radius 2 is 2.04 bits per heavy atom. The van der Waals surface area contributed by atoms with Gasteiger partial charge in [-0.05, 0) is 25.8 Å². The lowest BCUT2D eigenvalue weighted by molar-refractivity contribution is -0.384. The molecule has 8 heteroatoms. The topological polar surface area (TPSA) is 125 Å². The van der Waals surface area contributed by atoms with Crippen molar-refractivity contribution in [2.24, 2.45) is 0 Å². The smallest absolute Gasteiger partial charge is 0.341 e. The third-order valence-corrected chi connectivity index (χ3v) is 3.82. The second-order valence-corrected chi connectivity index (χ2v) is 5.57. The quantitative estimate of drug-likeness (QED) is 0.368. The van der Waals surface area contributed by atoms with Crippen LogP contribution in [0.1, 0.15) is 43.0 Å². The lowest BCUT2D eigenvalue weighted by Gasteiger charge is -2.17. The number of anilines is 1. The van der Waals surface area contributed by atoms with E-state index < -0.39 is 17.0 Å². The van der Waals surface area contributed by atoms with Crippen LogP contribution in [0.15, 0.2) is 18.2 Å². The molecule has 1 aliphatic carbocycles. The van der Waals surface area contributed by atoms with Crippen LogP contribution in [0.2, 0.25) is 0 Å². The number of non-ortho nitro benzene ring substituents is 1. The number of carbonyl (C=O) groups excluding carboxylic acids is 2. The summed E-state index contributed by atoms with van der Waals surface area (Å²) in [6, 6.07) is 3.62. The first-order valence-corrected chi connectivity index (χ1v) is 7.43. The Balaban J connectivity index is 2.01. The van der Waals surface area contributed by atoms with E-state index in [0.29, 0.717) is 0 Å². The summed E-state index contributed by atoms with van der Waals surface area (Å²) in [6.45, 7) is 1.45. The molecule has 0 spiro atoms. The molecule has 1 aliphatic rings. The summed E-state index contributed by atoms with van der Waals surface area (Å²) in [4.78, 5) is 34.2. The van der Waals surface area contributed by atoms with Gasteiger partial charge in [0.15, 0.2) is 6.10 Å². The van der Waals surface area contributed by atoms with Crippen molar-refractivity contribution in [3.05, 3.63) is 33.9 Å². The number of nitrogens with zero attached hydrogens (tertiary/aromatic N) is 1. The Bertz CT molecular complexity index is 626. The second kappa shape index (κ2) is 7.08. The normalized spacial score (nSPS) is 15.9. The number of ether oxygens (including phenoxy) is 1. The molecule has 1 aromatic carbocycles. The van der Waals surface area contributed by atoms with Gasteiger partial charge in [0.1, 0.15) is 0 Å². The summed E-state index contributed by atoms with van der Waals surface area (Å²) < 4.78 is 5.07. The van der Waals surface area contributed by atoms with E-state index in [1.807, 2.05) is 0 Å². The van der Waals surface area contributed by atoms with Gasteiger partial charge in [0.2, 0.25) is 0 Å². The number of nitro groups is 1. The number of nitrogens with two attached hydrogens (primary N) is 1. The highest BCUT2D eigenvalue weighted by Gasteiger charge is 2.25. The summed E-state index contributed by atoms with van der Waals surface area (Å²) in [5, 5.41) is 13.6. The molecule has 0 saturated heterocycles. The average Bonchev–Trinajstić information content (AvgIpc) is 3.00. The SMILES string of the molecule is C[C@@H](OC(=O)c1cc([N+](=O)[O-])ccc1N)C(=O)NC1CCCC1. The fourth-order valence-electron chi connectivity index (χ4n) is 2.50. The number of nitrogen functional groups attached to an aromatic ring is 1. The van der Waals surface area contributed by atoms with Crippen molar-refractivity contribution in [1.29, 1.82) is 0 Å². The highest BCUT2D eigenvalue weighted by molar-refractivity contribution is 5.97. The largest absolute Gasteiger partial charge is 0.449 e. The third kappa shape index (κ3) is 4.18. The van der Waals surface area contributed by atoms with Gasteiger partial charge in [-0.2, -0.15) is 0 Å². The molecule has 0 bridgehead atoms. The molecule has 0 heterocycles. The molecule has 1 saturated carbocycles. The number of nitro benzene ring substituents is 1. The van der Waals surface area contributed by atoms with E-state index >= 15 is 0 Å². The van der Waals surface area contributed by atoms with E-state index in [2.05, 4.69) is 5.32 Å². The Hall–Kier alpha value is -2.64. The molecular formula is C15H19N3O5. The lowest BCUT2D eigenvalue weighted by atomic mass is 10.1. The van der Waals surface area contributed by atoms with Gasteiger partial charge in [0.05, 0.1) is 10.5 Å². The molecule has 3 N–H and O–H groups in total. The summed E-state index contributed by atoms with van der Waals surface area (Å²) in [5.41, 5.74) is 5.32. The molecule has 124 valence electrons. The zero-order valence-corrected chi connectivity index (χ0v) is 12.8. The lowest BCUT2D eigenvalue weighted by Crippen LogP contribution is -2.40. The van der Waals surface area contributed by atoms with Gasteiger partial charge >= 0.3 is 5.97 Å². The van der Waals surface area contributed by atoms with Crippen LogP contribution in [-0.2, 0) is 9.53 Å². The number of esters is 1. The van der Waals surface area contributed by atoms with Crippen molar-refractivity contribution in [2.75, 3.05) is 5.73 Å². The zero-order chi connectivity index (χ0) is 17.0. The van der Waals surface area contributed by atoms with Crippen molar-refractivity contribution >= 4 is 23.3 Å². The summed E-state index contributed by atoms with van der Waals surface area (Å²) in [6.07, 6.45) is 2.99. The number of rotatable bonds is 5. The van der Waals surface area contributed by atoms with Crippen molar-refractivity contribution in [1.82, 2.24) is 5.32 Å². The molecular weight excluding hydrogens is 302 g/mol. The molecule has 2 rings (SSSR count). The van der Waals surface area contributed by atoms with E-state index in [1.165, 1.54) is 19.1 Å². The van der Waals surface area contributed by atoms with Crippen LogP contribution in [0.5, 0.6) is 0 Å². The van der Waals surface area contributed by atoms with Crippen LogP contribution < -0.4 is 11.1 Å². The number of carbonyl (C=O) groups is 2. The van der Waals surface area contributed by atoms with E-state index in [-0.39, 0.29) is 28.9 Å². The third-order valence-electron chi connectivity index (χ3n) is 3.82. The minimum atomic E-state index is -0.998. The molecule has 0 radical (unpaired) electrons. The molecule has 0 unspecified atom stereocenters. The first-order chi connectivity index (χ1) is 10.9. The highest BCUT2D eigenvalue weighted by Crippen LogP contribution is 2.21. The Kier molecular flexibility index (Phi) is 5.15. The van der Waals surface area contributed by atoms with Gasteiger partial charge in [0, 0.05) is 23.9 Å². The van der Waals surface area contributed by atoms with Gasteiger partial charge in [-0.1, -0.05) is 12.8 Å². The monoisotopic (exact) mass is 321 g/mol. The van der Waals surface area contributed by atoms with Crippen LogP contribution in [-0.4, -0.2) is 28.9 Å². The van der Waals surface area contributed by atoms with Crippen LogP contribution in [0.25, 0.3) is 0 Å². The minimum Gasteiger partial charge on any atom is -0.449 e. The molecule has 0 aliphatic heterocycles. The summed E-state index contributed by atoms with van der Waals surface area (Å²) >= 11 is 0. The first kappa shape index (κ1) is 16.7. The van der Waals surface area contributed by atoms with Crippen molar-refractivity contribution < 1.29 is 19.2 Å². The Morgan fingerprint density at radius 1 is 1.39 bits per heavy atom. The van der Waals surface area contributed by atoms with E-state index in [4.69, 9.17) is 10.5 Å². The molecule has 8 nitrogen and oxygen atoms in total. The van der Waals surface area contributed by atoms with Gasteiger partial charge in [-0.3, -0.25) is 14.9 Å². The summed E-state index contributed by atoms with van der Waals surface area (Å²) in [5.74, 6) is -1.24. The van der Waals surface area contributed by atoms with Gasteiger partial charge in [0.25, 0.3) is 11.6 Å². The van der Waals surface area contributed by atoms with E-state index in [1.54, 1.807) is 0 Å². The minimum absolute atomic E-state index is 0.0593. The van der Waals surface area contributed by atoms with Crippen molar-refractivity contribution in [3.63, 3.8) is 0 Å². The Morgan fingerprint density at radius 3 is 2.65 bits per heavy atom. The number of hydrogen-bond donors (Lipinski definition) is 2. The average molecular weight is 321 g/mol. The zero-order valence-electron chi connectivity index (χ0n) is 12.8. The Labute approximate surface area is 133 Å². The molecule has 1 amide bonds. The summed E-state index contributed by atoms with van der Waals surface area (Å²) in [7, 11) is 0. The van der Waals surface area contributed by atoms with Crippen LogP contribution in [0.3, 0.4) is 0 Å². The van der Waals surface area contributed by atoms with Crippen molar-refractivity contribution in [3.8, 4) is 0 Å². The maximum absolute atomic E-state index is 12.1. The van der Waals surface area contributed by atoms with E-state index in [9.17, 15) is 19.7 Å². The first-order valence-electron chi connectivity index (χ1n) is 7.43. The highest BCUT2D eigenvalue weighted by atomic mass is 16.6. The molecule has 23 heavy (non-hydrogen) atoms. The maximum atomic E-state index is 12.1. The van der Waals surface area contributed by atoms with Gasteiger partial charge in [-0.15, -0.1) is 0 Å². The van der Waals surface area contributed by atoms with Gasteiger partial charge < -0.3 is 15.8 Å². The molecule has 1 aromatic rings. The maximum Gasteiger partial charge on any atom is 0.341 e. The standard InChI is InChI=1S/C15H19N3O5/c1-9(14(19)17-10-4-2-3-5-10)23-15(20)12-8-11(18(21)22)6-7-13(12)16/h6-10H,2-5,16H2,1H3,(H,17,19)/t9-/m1/s1. The fourth-order valence-corrected chi connectivity index (χ4v) is 2.50. The predicted octanol–water partition coefficient (Wildman–Crippen LogP) is 1.78. The van der Waals surface area contributed by atoms with Crippen LogP contribution in [0.4, 0.5) is 11.4 Å². The number of nitrogens with one attached hydrogen (secondary N) is 1. The fraction of sp³-hybridized carbons (Fsp3) is 0.467. The molecule has 1 atom stereocenters. The van der Waals surface area contributed by atoms with Crippen LogP contribution >= 0.6 is 0 Å². The number of benzene rings is 1. The second-order valence-electron chi connectivity index (χ2n) is 5.57. The van der Waals surface area contributed by atoms with Crippen molar-refractivity contribution in [2.45, 2.75) is 44.8 Å².